The van der Waals surface area contributed by atoms with Crippen molar-refractivity contribution in [1.29, 1.82) is 0 Å². The Morgan fingerprint density at radius 3 is 2.47 bits per heavy atom. The van der Waals surface area contributed by atoms with Crippen LogP contribution in [0.4, 0.5) is 0 Å². The fourth-order valence-corrected chi connectivity index (χ4v) is 1.74. The zero-order chi connectivity index (χ0) is 10.8. The van der Waals surface area contributed by atoms with Gasteiger partial charge in [0.25, 0.3) is 0 Å². The first-order valence-electron chi connectivity index (χ1n) is 5.48. The number of benzene rings is 1. The van der Waals surface area contributed by atoms with E-state index in [1.165, 1.54) is 18.4 Å². The van der Waals surface area contributed by atoms with Gasteiger partial charge in [-0.05, 0) is 43.2 Å². The van der Waals surface area contributed by atoms with Gasteiger partial charge in [-0.3, -0.25) is 4.79 Å². The first kappa shape index (κ1) is 10.2. The molecule has 2 rings (SSSR count). The molecule has 1 N–H and O–H groups in total. The quantitative estimate of drug-likeness (QED) is 0.818. The minimum Gasteiger partial charge on any atom is -0.481 e. The molecule has 0 spiro atoms. The van der Waals surface area contributed by atoms with Gasteiger partial charge in [0.1, 0.15) is 0 Å². The van der Waals surface area contributed by atoms with E-state index in [1.807, 2.05) is 12.1 Å². The Morgan fingerprint density at radius 2 is 2.00 bits per heavy atom. The standard InChI is InChI=1S/C13H16O2/c1-9(13(14)15)12-6-4-11(5-7-12)8-10-2-3-10/h4-7,9-10H,2-3,8H2,1H3,(H,14,15). The number of carbonyl (C=O) groups is 1. The Morgan fingerprint density at radius 1 is 1.40 bits per heavy atom. The normalized spacial score (nSPS) is 17.4. The van der Waals surface area contributed by atoms with Crippen molar-refractivity contribution in [3.05, 3.63) is 35.4 Å². The summed E-state index contributed by atoms with van der Waals surface area (Å²) in [6.45, 7) is 1.72. The minimum absolute atomic E-state index is 0.403. The topological polar surface area (TPSA) is 37.3 Å². The van der Waals surface area contributed by atoms with Gasteiger partial charge >= 0.3 is 5.97 Å². The van der Waals surface area contributed by atoms with Crippen LogP contribution < -0.4 is 0 Å². The van der Waals surface area contributed by atoms with E-state index in [-0.39, 0.29) is 0 Å². The lowest BCUT2D eigenvalue weighted by Gasteiger charge is -2.07. The predicted molar refractivity (Wildman–Crippen MR) is 58.9 cm³/mol. The van der Waals surface area contributed by atoms with E-state index < -0.39 is 11.9 Å². The average molecular weight is 204 g/mol. The number of hydrogen-bond donors (Lipinski definition) is 1. The lowest BCUT2D eigenvalue weighted by atomic mass is 9.99. The van der Waals surface area contributed by atoms with Crippen molar-refractivity contribution in [2.75, 3.05) is 0 Å². The average Bonchev–Trinajstić information content (AvgIpc) is 3.02. The van der Waals surface area contributed by atoms with E-state index in [2.05, 4.69) is 12.1 Å². The molecule has 1 saturated carbocycles. The van der Waals surface area contributed by atoms with Crippen LogP contribution in [0, 0.1) is 5.92 Å². The second kappa shape index (κ2) is 4.05. The van der Waals surface area contributed by atoms with E-state index in [1.54, 1.807) is 6.92 Å². The molecule has 1 aromatic carbocycles. The molecular weight excluding hydrogens is 188 g/mol. The molecule has 0 saturated heterocycles. The molecule has 2 heteroatoms. The molecule has 80 valence electrons. The highest BCUT2D eigenvalue weighted by Gasteiger charge is 2.21. The van der Waals surface area contributed by atoms with Gasteiger partial charge < -0.3 is 5.11 Å². The van der Waals surface area contributed by atoms with Crippen LogP contribution in [0.25, 0.3) is 0 Å². The van der Waals surface area contributed by atoms with Gasteiger partial charge in [-0.15, -0.1) is 0 Å². The van der Waals surface area contributed by atoms with E-state index in [9.17, 15) is 4.79 Å². The molecule has 1 aromatic rings. The van der Waals surface area contributed by atoms with Gasteiger partial charge in [0.2, 0.25) is 0 Å². The molecule has 1 atom stereocenters. The van der Waals surface area contributed by atoms with Gasteiger partial charge in [-0.2, -0.15) is 0 Å². The van der Waals surface area contributed by atoms with E-state index in [0.29, 0.717) is 0 Å². The van der Waals surface area contributed by atoms with Gasteiger partial charge in [-0.25, -0.2) is 0 Å². The summed E-state index contributed by atoms with van der Waals surface area (Å²) >= 11 is 0. The smallest absolute Gasteiger partial charge is 0.310 e. The molecule has 2 nitrogen and oxygen atoms in total. The number of hydrogen-bond acceptors (Lipinski definition) is 1. The largest absolute Gasteiger partial charge is 0.481 e. The molecule has 0 heterocycles. The predicted octanol–water partition coefficient (Wildman–Crippen LogP) is 2.83. The summed E-state index contributed by atoms with van der Waals surface area (Å²) in [4.78, 5) is 10.8. The molecular formula is C13H16O2. The van der Waals surface area contributed by atoms with Crippen molar-refractivity contribution >= 4 is 5.97 Å². The van der Waals surface area contributed by atoms with Gasteiger partial charge in [0, 0.05) is 0 Å². The van der Waals surface area contributed by atoms with Crippen LogP contribution in [0.5, 0.6) is 0 Å². The third-order valence-corrected chi connectivity index (χ3v) is 3.07. The molecule has 1 unspecified atom stereocenters. The Labute approximate surface area is 89.9 Å². The zero-order valence-electron chi connectivity index (χ0n) is 8.94. The molecule has 1 aliphatic rings. The fraction of sp³-hybridized carbons (Fsp3) is 0.462. The highest BCUT2D eigenvalue weighted by atomic mass is 16.4. The van der Waals surface area contributed by atoms with Crippen molar-refractivity contribution in [3.8, 4) is 0 Å². The Hall–Kier alpha value is -1.31. The second-order valence-electron chi connectivity index (χ2n) is 4.45. The Kier molecular flexibility index (Phi) is 2.76. The number of rotatable bonds is 4. The van der Waals surface area contributed by atoms with E-state index >= 15 is 0 Å². The van der Waals surface area contributed by atoms with Crippen LogP contribution in [0.2, 0.25) is 0 Å². The van der Waals surface area contributed by atoms with Crippen LogP contribution in [0.15, 0.2) is 24.3 Å². The van der Waals surface area contributed by atoms with Crippen molar-refractivity contribution < 1.29 is 9.90 Å². The van der Waals surface area contributed by atoms with Crippen molar-refractivity contribution in [1.82, 2.24) is 0 Å². The molecule has 1 aliphatic carbocycles. The lowest BCUT2D eigenvalue weighted by Crippen LogP contribution is -2.07. The molecule has 0 aliphatic heterocycles. The number of carboxylic acids is 1. The summed E-state index contributed by atoms with van der Waals surface area (Å²) in [5.41, 5.74) is 2.22. The summed E-state index contributed by atoms with van der Waals surface area (Å²) in [5.74, 6) is -0.280. The molecule has 0 aromatic heterocycles. The molecule has 1 fully saturated rings. The van der Waals surface area contributed by atoms with Gasteiger partial charge in [0.05, 0.1) is 5.92 Å². The summed E-state index contributed by atoms with van der Waals surface area (Å²) in [7, 11) is 0. The maximum absolute atomic E-state index is 10.8. The molecule has 0 radical (unpaired) electrons. The van der Waals surface area contributed by atoms with Gasteiger partial charge in [0.15, 0.2) is 0 Å². The monoisotopic (exact) mass is 204 g/mol. The maximum atomic E-state index is 10.8. The number of carboxylic acid groups (broad SMARTS) is 1. The van der Waals surface area contributed by atoms with Crippen LogP contribution in [-0.2, 0) is 11.2 Å². The first-order chi connectivity index (χ1) is 7.16. The summed E-state index contributed by atoms with van der Waals surface area (Å²) in [6.07, 6.45) is 3.86. The van der Waals surface area contributed by atoms with E-state index in [0.717, 1.165) is 17.9 Å². The maximum Gasteiger partial charge on any atom is 0.310 e. The third kappa shape index (κ3) is 2.58. The van der Waals surface area contributed by atoms with Crippen molar-refractivity contribution in [2.45, 2.75) is 32.1 Å². The molecule has 0 bridgehead atoms. The third-order valence-electron chi connectivity index (χ3n) is 3.07. The van der Waals surface area contributed by atoms with Crippen molar-refractivity contribution in [3.63, 3.8) is 0 Å². The summed E-state index contributed by atoms with van der Waals surface area (Å²) < 4.78 is 0. The summed E-state index contributed by atoms with van der Waals surface area (Å²) in [6, 6.07) is 8.01. The minimum atomic E-state index is -0.759. The SMILES string of the molecule is CC(C(=O)O)c1ccc(CC2CC2)cc1. The van der Waals surface area contributed by atoms with Crippen LogP contribution in [0.1, 0.15) is 36.8 Å². The summed E-state index contributed by atoms with van der Waals surface area (Å²) in [5, 5.41) is 8.86. The Balaban J connectivity index is 2.05. The highest BCUT2D eigenvalue weighted by molar-refractivity contribution is 5.75. The first-order valence-corrected chi connectivity index (χ1v) is 5.48. The van der Waals surface area contributed by atoms with E-state index in [4.69, 9.17) is 5.11 Å². The Bertz CT molecular complexity index is 349. The fourth-order valence-electron chi connectivity index (χ4n) is 1.74. The molecule has 15 heavy (non-hydrogen) atoms. The van der Waals surface area contributed by atoms with Crippen LogP contribution in [-0.4, -0.2) is 11.1 Å². The van der Waals surface area contributed by atoms with Crippen molar-refractivity contribution in [2.24, 2.45) is 5.92 Å². The van der Waals surface area contributed by atoms with Gasteiger partial charge in [-0.1, -0.05) is 24.3 Å². The molecule has 0 amide bonds. The zero-order valence-corrected chi connectivity index (χ0v) is 8.94. The van der Waals surface area contributed by atoms with Crippen LogP contribution in [0.3, 0.4) is 0 Å². The second-order valence-corrected chi connectivity index (χ2v) is 4.45. The lowest BCUT2D eigenvalue weighted by molar-refractivity contribution is -0.138. The van der Waals surface area contributed by atoms with Crippen LogP contribution >= 0.6 is 0 Å². The highest BCUT2D eigenvalue weighted by Crippen LogP contribution is 2.32. The number of aliphatic carboxylic acids is 1.